The standard InChI is InChI=1S/C19H20FN3O3/c1-11-5-6-16(14(20)9-11)23-15-4-2-3-13(15)17(21-23)18(24)22-8-7-12(10-22)19(25)26/h5-6,9,12H,2-4,7-8,10H2,1H3,(H,25,26). The van der Waals surface area contributed by atoms with Crippen LogP contribution in [0.1, 0.15) is 40.2 Å². The molecule has 2 aliphatic rings. The number of halogens is 1. The van der Waals surface area contributed by atoms with E-state index in [1.165, 1.54) is 6.07 Å². The highest BCUT2D eigenvalue weighted by Crippen LogP contribution is 2.30. The first kappa shape index (κ1) is 16.8. The molecule has 1 aromatic heterocycles. The molecule has 1 aliphatic carbocycles. The maximum atomic E-state index is 14.4. The van der Waals surface area contributed by atoms with Crippen molar-refractivity contribution in [2.45, 2.75) is 32.6 Å². The van der Waals surface area contributed by atoms with E-state index in [-0.39, 0.29) is 18.3 Å². The van der Waals surface area contributed by atoms with Gasteiger partial charge >= 0.3 is 5.97 Å². The lowest BCUT2D eigenvalue weighted by molar-refractivity contribution is -0.141. The van der Waals surface area contributed by atoms with E-state index in [9.17, 15) is 14.0 Å². The number of hydrogen-bond acceptors (Lipinski definition) is 3. The number of aliphatic carboxylic acids is 1. The predicted molar refractivity (Wildman–Crippen MR) is 91.9 cm³/mol. The molecule has 1 aromatic carbocycles. The third kappa shape index (κ3) is 2.67. The normalized spacial score (nSPS) is 19.0. The lowest BCUT2D eigenvalue weighted by Crippen LogP contribution is -2.31. The SMILES string of the molecule is Cc1ccc(-n2nc(C(=O)N3CCC(C(=O)O)C3)c3c2CCC3)c(F)c1. The number of carbonyl (C=O) groups is 2. The summed E-state index contributed by atoms with van der Waals surface area (Å²) in [5, 5.41) is 13.6. The van der Waals surface area contributed by atoms with Crippen molar-refractivity contribution in [3.63, 3.8) is 0 Å². The van der Waals surface area contributed by atoms with E-state index in [1.807, 2.05) is 13.0 Å². The van der Waals surface area contributed by atoms with Gasteiger partial charge in [0, 0.05) is 24.3 Å². The quantitative estimate of drug-likeness (QED) is 0.915. The summed E-state index contributed by atoms with van der Waals surface area (Å²) in [6.07, 6.45) is 2.84. The van der Waals surface area contributed by atoms with Gasteiger partial charge in [-0.3, -0.25) is 9.59 Å². The molecule has 1 atom stereocenters. The first-order valence-electron chi connectivity index (χ1n) is 8.85. The van der Waals surface area contributed by atoms with E-state index in [2.05, 4.69) is 5.10 Å². The molecule has 0 spiro atoms. The van der Waals surface area contributed by atoms with Gasteiger partial charge in [-0.15, -0.1) is 0 Å². The zero-order chi connectivity index (χ0) is 18.4. The van der Waals surface area contributed by atoms with Crippen molar-refractivity contribution < 1.29 is 19.1 Å². The van der Waals surface area contributed by atoms with Crippen molar-refractivity contribution in [3.8, 4) is 5.69 Å². The Morgan fingerprint density at radius 1 is 1.31 bits per heavy atom. The molecule has 1 fully saturated rings. The summed E-state index contributed by atoms with van der Waals surface area (Å²) >= 11 is 0. The molecule has 1 saturated heterocycles. The monoisotopic (exact) mass is 357 g/mol. The third-order valence-corrected chi connectivity index (χ3v) is 5.29. The number of amides is 1. The number of likely N-dealkylation sites (tertiary alicyclic amines) is 1. The van der Waals surface area contributed by atoms with E-state index in [4.69, 9.17) is 5.11 Å². The topological polar surface area (TPSA) is 75.4 Å². The van der Waals surface area contributed by atoms with Gasteiger partial charge in [0.15, 0.2) is 5.69 Å². The van der Waals surface area contributed by atoms with Gasteiger partial charge in [-0.1, -0.05) is 6.07 Å². The van der Waals surface area contributed by atoms with Crippen LogP contribution in [0.4, 0.5) is 4.39 Å². The Bertz CT molecular complexity index is 906. The molecular formula is C19H20FN3O3. The maximum Gasteiger partial charge on any atom is 0.308 e. The molecule has 0 bridgehead atoms. The van der Waals surface area contributed by atoms with Crippen LogP contribution in [-0.2, 0) is 17.6 Å². The summed E-state index contributed by atoms with van der Waals surface area (Å²) in [6.45, 7) is 2.44. The number of carbonyl (C=O) groups excluding carboxylic acids is 1. The van der Waals surface area contributed by atoms with E-state index in [1.54, 1.807) is 15.6 Å². The van der Waals surface area contributed by atoms with Crippen LogP contribution in [-0.4, -0.2) is 44.8 Å². The van der Waals surface area contributed by atoms with Crippen molar-refractivity contribution in [1.82, 2.24) is 14.7 Å². The molecule has 1 N–H and O–H groups in total. The summed E-state index contributed by atoms with van der Waals surface area (Å²) in [6, 6.07) is 4.96. The van der Waals surface area contributed by atoms with E-state index in [0.717, 1.165) is 36.1 Å². The Kier molecular flexibility index (Phi) is 4.01. The second kappa shape index (κ2) is 6.23. The molecule has 0 radical (unpaired) electrons. The van der Waals surface area contributed by atoms with Gasteiger partial charge in [-0.05, 0) is 50.3 Å². The fourth-order valence-electron chi connectivity index (χ4n) is 3.89. The van der Waals surface area contributed by atoms with Crippen LogP contribution in [0.2, 0.25) is 0 Å². The fourth-order valence-corrected chi connectivity index (χ4v) is 3.89. The van der Waals surface area contributed by atoms with Crippen molar-refractivity contribution in [2.75, 3.05) is 13.1 Å². The molecule has 4 rings (SSSR count). The van der Waals surface area contributed by atoms with E-state index in [0.29, 0.717) is 24.3 Å². The second-order valence-electron chi connectivity index (χ2n) is 7.07. The summed E-state index contributed by atoms with van der Waals surface area (Å²) in [7, 11) is 0. The minimum absolute atomic E-state index is 0.203. The number of fused-ring (bicyclic) bond motifs is 1. The van der Waals surface area contributed by atoms with E-state index < -0.39 is 11.9 Å². The summed E-state index contributed by atoms with van der Waals surface area (Å²) in [4.78, 5) is 25.6. The van der Waals surface area contributed by atoms with Crippen LogP contribution in [0.25, 0.3) is 5.69 Å². The Morgan fingerprint density at radius 3 is 2.81 bits per heavy atom. The van der Waals surface area contributed by atoms with Crippen LogP contribution >= 0.6 is 0 Å². The molecule has 0 saturated carbocycles. The molecule has 136 valence electrons. The predicted octanol–water partition coefficient (Wildman–Crippen LogP) is 2.36. The average Bonchev–Trinajstić information content (AvgIpc) is 3.31. The number of rotatable bonds is 3. The van der Waals surface area contributed by atoms with Crippen molar-refractivity contribution >= 4 is 11.9 Å². The molecule has 6 nitrogen and oxygen atoms in total. The Hall–Kier alpha value is -2.70. The highest BCUT2D eigenvalue weighted by atomic mass is 19.1. The number of aromatic nitrogens is 2. The summed E-state index contributed by atoms with van der Waals surface area (Å²) in [5.74, 6) is -2.02. The van der Waals surface area contributed by atoms with Gasteiger partial charge in [-0.2, -0.15) is 5.10 Å². The average molecular weight is 357 g/mol. The minimum atomic E-state index is -0.877. The van der Waals surface area contributed by atoms with Gasteiger partial charge in [0.05, 0.1) is 5.92 Å². The summed E-state index contributed by atoms with van der Waals surface area (Å²) in [5.41, 5.74) is 3.25. The number of hydrogen-bond donors (Lipinski definition) is 1. The van der Waals surface area contributed by atoms with Crippen LogP contribution in [0, 0.1) is 18.7 Å². The molecule has 2 aromatic rings. The molecule has 1 aliphatic heterocycles. The maximum absolute atomic E-state index is 14.4. The fraction of sp³-hybridized carbons (Fsp3) is 0.421. The van der Waals surface area contributed by atoms with Crippen molar-refractivity contribution in [3.05, 3.63) is 46.5 Å². The molecule has 26 heavy (non-hydrogen) atoms. The number of carboxylic acids is 1. The van der Waals surface area contributed by atoms with Crippen molar-refractivity contribution in [1.29, 1.82) is 0 Å². The van der Waals surface area contributed by atoms with E-state index >= 15 is 0 Å². The third-order valence-electron chi connectivity index (χ3n) is 5.29. The molecule has 1 unspecified atom stereocenters. The first-order valence-corrected chi connectivity index (χ1v) is 8.85. The Balaban J connectivity index is 1.70. The number of aryl methyl sites for hydroxylation is 1. The number of benzene rings is 1. The Morgan fingerprint density at radius 2 is 2.12 bits per heavy atom. The largest absolute Gasteiger partial charge is 0.481 e. The number of nitrogens with zero attached hydrogens (tertiary/aromatic N) is 3. The lowest BCUT2D eigenvalue weighted by Gasteiger charge is -2.14. The highest BCUT2D eigenvalue weighted by molar-refractivity contribution is 5.95. The molecule has 7 heteroatoms. The van der Waals surface area contributed by atoms with Gasteiger partial charge in [-0.25, -0.2) is 9.07 Å². The second-order valence-corrected chi connectivity index (χ2v) is 7.07. The zero-order valence-corrected chi connectivity index (χ0v) is 14.5. The molecule has 2 heterocycles. The lowest BCUT2D eigenvalue weighted by atomic mass is 10.1. The van der Waals surface area contributed by atoms with Gasteiger partial charge in [0.25, 0.3) is 5.91 Å². The highest BCUT2D eigenvalue weighted by Gasteiger charge is 2.35. The molecule has 1 amide bonds. The minimum Gasteiger partial charge on any atom is -0.481 e. The molecular weight excluding hydrogens is 337 g/mol. The van der Waals surface area contributed by atoms with Crippen LogP contribution in [0.5, 0.6) is 0 Å². The summed E-state index contributed by atoms with van der Waals surface area (Å²) < 4.78 is 16.0. The van der Waals surface area contributed by atoms with Crippen LogP contribution in [0.15, 0.2) is 18.2 Å². The van der Waals surface area contributed by atoms with Crippen LogP contribution in [0.3, 0.4) is 0 Å². The van der Waals surface area contributed by atoms with Gasteiger partial charge in [0.1, 0.15) is 11.5 Å². The number of carboxylic acid groups (broad SMARTS) is 1. The smallest absolute Gasteiger partial charge is 0.308 e. The Labute approximate surface area is 150 Å². The van der Waals surface area contributed by atoms with Gasteiger partial charge < -0.3 is 10.0 Å². The zero-order valence-electron chi connectivity index (χ0n) is 14.5. The first-order chi connectivity index (χ1) is 12.5. The van der Waals surface area contributed by atoms with Crippen LogP contribution < -0.4 is 0 Å². The van der Waals surface area contributed by atoms with Crippen molar-refractivity contribution in [2.24, 2.45) is 5.92 Å². The van der Waals surface area contributed by atoms with Gasteiger partial charge in [0.2, 0.25) is 0 Å².